The van der Waals surface area contributed by atoms with Crippen LogP contribution in [-0.2, 0) is 0 Å². The van der Waals surface area contributed by atoms with Gasteiger partial charge in [0.05, 0.1) is 11.6 Å². The number of benzene rings is 6. The van der Waals surface area contributed by atoms with Crippen LogP contribution in [0.15, 0.2) is 164 Å². The fourth-order valence-electron chi connectivity index (χ4n) is 5.63. The second-order valence-electron chi connectivity index (χ2n) is 11.6. The van der Waals surface area contributed by atoms with Crippen LogP contribution in [-0.4, -0.2) is 29.9 Å². The molecule has 8 aromatic rings. The lowest BCUT2D eigenvalue weighted by atomic mass is 10.0. The molecule has 50 heavy (non-hydrogen) atoms. The largest absolute Gasteiger partial charge is 0.208 e. The first-order valence-electron chi connectivity index (χ1n) is 16.1. The summed E-state index contributed by atoms with van der Waals surface area (Å²) in [6, 6.07) is 55.6. The molecule has 0 bridgehead atoms. The maximum atomic E-state index is 9.27. The lowest BCUT2D eigenvalue weighted by Crippen LogP contribution is -2.00. The maximum Gasteiger partial charge on any atom is 0.164 e. The van der Waals surface area contributed by atoms with E-state index in [2.05, 4.69) is 30.3 Å². The molecule has 0 saturated carbocycles. The van der Waals surface area contributed by atoms with E-state index < -0.39 is 0 Å². The number of rotatable bonds is 7. The van der Waals surface area contributed by atoms with Crippen molar-refractivity contribution in [3.63, 3.8) is 0 Å². The molecule has 0 spiro atoms. The number of hydrogen-bond donors (Lipinski definition) is 0. The zero-order valence-corrected chi connectivity index (χ0v) is 26.7. The highest BCUT2D eigenvalue weighted by molar-refractivity contribution is 5.75. The number of hydrogen-bond acceptors (Lipinski definition) is 7. The summed E-state index contributed by atoms with van der Waals surface area (Å²) in [5.74, 6) is 3.52. The Kier molecular flexibility index (Phi) is 8.16. The Morgan fingerprint density at radius 3 is 0.980 bits per heavy atom. The third-order valence-electron chi connectivity index (χ3n) is 8.24. The molecule has 6 aromatic carbocycles. The van der Waals surface area contributed by atoms with Gasteiger partial charge in [0.15, 0.2) is 34.9 Å². The zero-order valence-electron chi connectivity index (χ0n) is 26.7. The van der Waals surface area contributed by atoms with Crippen LogP contribution in [0.25, 0.3) is 79.5 Å². The Morgan fingerprint density at radius 1 is 0.280 bits per heavy atom. The molecule has 7 nitrogen and oxygen atoms in total. The summed E-state index contributed by atoms with van der Waals surface area (Å²) >= 11 is 0. The standard InChI is InChI=1S/C43H27N7/c44-28-29-19-21-34(22-20-29)41-46-38(31-11-4-1-5-12-31)47-42(48-41)35-25-23-30(24-26-35)36-17-10-18-37(27-36)43-49-39(32-13-6-2-7-14-32)45-40(50-43)33-15-8-3-9-16-33/h1-27H. The average Bonchev–Trinajstić information content (AvgIpc) is 3.21. The molecule has 0 aliphatic carbocycles. The topological polar surface area (TPSA) is 101 Å². The third kappa shape index (κ3) is 6.37. The van der Waals surface area contributed by atoms with Gasteiger partial charge in [-0.3, -0.25) is 0 Å². The van der Waals surface area contributed by atoms with Crippen molar-refractivity contribution in [2.45, 2.75) is 0 Å². The molecule has 8 rings (SSSR count). The molecule has 0 radical (unpaired) electrons. The molecule has 0 fully saturated rings. The van der Waals surface area contributed by atoms with Gasteiger partial charge in [-0.25, -0.2) is 29.9 Å². The van der Waals surface area contributed by atoms with E-state index in [4.69, 9.17) is 29.9 Å². The molecular formula is C43H27N7. The Balaban J connectivity index is 1.15. The van der Waals surface area contributed by atoms with Gasteiger partial charge in [0.25, 0.3) is 0 Å². The van der Waals surface area contributed by atoms with Crippen molar-refractivity contribution in [1.82, 2.24) is 29.9 Å². The normalized spacial score (nSPS) is 10.8. The predicted octanol–water partition coefficient (Wildman–Crippen LogP) is 9.60. The smallest absolute Gasteiger partial charge is 0.164 e. The summed E-state index contributed by atoms with van der Waals surface area (Å²) in [6.45, 7) is 0. The molecule has 0 atom stereocenters. The molecule has 0 aliphatic rings. The van der Waals surface area contributed by atoms with Crippen LogP contribution < -0.4 is 0 Å². The van der Waals surface area contributed by atoms with Crippen LogP contribution in [0.5, 0.6) is 0 Å². The minimum Gasteiger partial charge on any atom is -0.208 e. The molecule has 7 heteroatoms. The molecule has 0 saturated heterocycles. The minimum absolute atomic E-state index is 0.539. The lowest BCUT2D eigenvalue weighted by molar-refractivity contribution is 1.07. The van der Waals surface area contributed by atoms with Crippen molar-refractivity contribution in [2.75, 3.05) is 0 Å². The van der Waals surface area contributed by atoms with E-state index in [-0.39, 0.29) is 0 Å². The van der Waals surface area contributed by atoms with Crippen LogP contribution in [0.1, 0.15) is 5.56 Å². The summed E-state index contributed by atoms with van der Waals surface area (Å²) in [7, 11) is 0. The molecule has 0 amide bonds. The first-order chi connectivity index (χ1) is 24.7. The minimum atomic E-state index is 0.539. The molecule has 0 aliphatic heterocycles. The van der Waals surface area contributed by atoms with E-state index >= 15 is 0 Å². The van der Waals surface area contributed by atoms with Crippen LogP contribution in [0.2, 0.25) is 0 Å². The van der Waals surface area contributed by atoms with E-state index in [0.29, 0.717) is 40.5 Å². The van der Waals surface area contributed by atoms with Gasteiger partial charge >= 0.3 is 0 Å². The highest BCUT2D eigenvalue weighted by Gasteiger charge is 2.15. The van der Waals surface area contributed by atoms with Crippen molar-refractivity contribution in [2.24, 2.45) is 0 Å². The summed E-state index contributed by atoms with van der Waals surface area (Å²) in [4.78, 5) is 29.1. The van der Waals surface area contributed by atoms with Gasteiger partial charge in [-0.1, -0.05) is 133 Å². The third-order valence-corrected chi connectivity index (χ3v) is 8.24. The van der Waals surface area contributed by atoms with Crippen LogP contribution in [0.4, 0.5) is 0 Å². The van der Waals surface area contributed by atoms with Crippen molar-refractivity contribution < 1.29 is 0 Å². The van der Waals surface area contributed by atoms with Crippen LogP contribution in [0.3, 0.4) is 0 Å². The molecular weight excluding hydrogens is 615 g/mol. The fourth-order valence-corrected chi connectivity index (χ4v) is 5.63. The monoisotopic (exact) mass is 641 g/mol. The summed E-state index contributed by atoms with van der Waals surface area (Å²) in [5.41, 5.74) is 7.93. The van der Waals surface area contributed by atoms with Crippen molar-refractivity contribution in [3.8, 4) is 85.5 Å². The van der Waals surface area contributed by atoms with Gasteiger partial charge in [-0.05, 0) is 41.5 Å². The number of nitriles is 1. The highest BCUT2D eigenvalue weighted by atomic mass is 15.0. The van der Waals surface area contributed by atoms with Gasteiger partial charge in [-0.2, -0.15) is 5.26 Å². The van der Waals surface area contributed by atoms with Crippen molar-refractivity contribution >= 4 is 0 Å². The van der Waals surface area contributed by atoms with Crippen LogP contribution >= 0.6 is 0 Å². The quantitative estimate of drug-likeness (QED) is 0.171. The van der Waals surface area contributed by atoms with Crippen LogP contribution in [0, 0.1) is 11.3 Å². The Morgan fingerprint density at radius 2 is 0.580 bits per heavy atom. The summed E-state index contributed by atoms with van der Waals surface area (Å²) in [6.07, 6.45) is 0. The molecule has 0 unspecified atom stereocenters. The molecule has 234 valence electrons. The average molecular weight is 642 g/mol. The van der Waals surface area contributed by atoms with Gasteiger partial charge in [0.2, 0.25) is 0 Å². The fraction of sp³-hybridized carbons (Fsp3) is 0. The predicted molar refractivity (Wildman–Crippen MR) is 196 cm³/mol. The second-order valence-corrected chi connectivity index (χ2v) is 11.6. The number of aromatic nitrogens is 6. The van der Waals surface area contributed by atoms with Crippen molar-refractivity contribution in [1.29, 1.82) is 5.26 Å². The summed E-state index contributed by atoms with van der Waals surface area (Å²) in [5, 5.41) is 9.27. The van der Waals surface area contributed by atoms with E-state index in [1.165, 1.54) is 0 Å². The van der Waals surface area contributed by atoms with Gasteiger partial charge in [0, 0.05) is 33.4 Å². The van der Waals surface area contributed by atoms with Gasteiger partial charge in [-0.15, -0.1) is 0 Å². The Labute approximate surface area is 289 Å². The van der Waals surface area contributed by atoms with E-state index in [1.54, 1.807) is 12.1 Å². The zero-order chi connectivity index (χ0) is 33.7. The second kappa shape index (κ2) is 13.5. The van der Waals surface area contributed by atoms with E-state index in [0.717, 1.165) is 44.5 Å². The molecule has 0 N–H and O–H groups in total. The van der Waals surface area contributed by atoms with E-state index in [1.807, 2.05) is 127 Å². The summed E-state index contributed by atoms with van der Waals surface area (Å²) < 4.78 is 0. The molecule has 2 heterocycles. The van der Waals surface area contributed by atoms with Crippen molar-refractivity contribution in [3.05, 3.63) is 169 Å². The highest BCUT2D eigenvalue weighted by Crippen LogP contribution is 2.30. The SMILES string of the molecule is N#Cc1ccc(-c2nc(-c3ccccc3)nc(-c3ccc(-c4cccc(-c5nc(-c6ccccc6)nc(-c6ccccc6)n5)c4)cc3)n2)cc1. The first kappa shape index (κ1) is 30.2. The van der Waals surface area contributed by atoms with Gasteiger partial charge in [0.1, 0.15) is 0 Å². The van der Waals surface area contributed by atoms with Gasteiger partial charge < -0.3 is 0 Å². The first-order valence-corrected chi connectivity index (χ1v) is 16.1. The Bertz CT molecular complexity index is 2400. The maximum absolute atomic E-state index is 9.27. The molecule has 2 aromatic heterocycles. The lowest BCUT2D eigenvalue weighted by Gasteiger charge is -2.10. The van der Waals surface area contributed by atoms with E-state index in [9.17, 15) is 5.26 Å². The number of nitrogens with zero attached hydrogens (tertiary/aromatic N) is 7. The Hall–Kier alpha value is -7.17.